The molecule has 0 radical (unpaired) electrons. The molecule has 0 bridgehead atoms. The maximum absolute atomic E-state index is 11.8. The zero-order valence-corrected chi connectivity index (χ0v) is 13.3. The molecule has 2 aromatic rings. The topological polar surface area (TPSA) is 145 Å². The minimum atomic E-state index is -0.916. The SMILES string of the molecule is O=C(O)CCCNC(=O)CCCn1c(=O)oc2cc([N+](=O)[O-])ccc21. The van der Waals surface area contributed by atoms with E-state index in [1.165, 1.54) is 22.8 Å². The van der Waals surface area contributed by atoms with E-state index >= 15 is 0 Å². The lowest BCUT2D eigenvalue weighted by Crippen LogP contribution is -2.25. The highest BCUT2D eigenvalue weighted by atomic mass is 16.6. The lowest BCUT2D eigenvalue weighted by atomic mass is 10.2. The van der Waals surface area contributed by atoms with E-state index in [9.17, 15) is 24.5 Å². The molecule has 1 aromatic carbocycles. The summed E-state index contributed by atoms with van der Waals surface area (Å²) < 4.78 is 6.31. The normalized spacial score (nSPS) is 10.7. The average Bonchev–Trinajstić information content (AvgIpc) is 2.86. The number of carbonyl (C=O) groups excluding carboxylic acids is 1. The summed E-state index contributed by atoms with van der Waals surface area (Å²) in [5.74, 6) is -1.79. The summed E-state index contributed by atoms with van der Waals surface area (Å²) in [4.78, 5) is 44.0. The molecule has 10 heteroatoms. The fraction of sp³-hybridized carbons (Fsp3) is 0.400. The molecule has 0 saturated heterocycles. The molecule has 0 fully saturated rings. The van der Waals surface area contributed by atoms with E-state index in [-0.39, 0.29) is 43.1 Å². The number of carboxylic acids is 1. The van der Waals surface area contributed by atoms with Crippen molar-refractivity contribution < 1.29 is 24.0 Å². The maximum Gasteiger partial charge on any atom is 0.419 e. The number of nitrogens with one attached hydrogen (secondary N) is 1. The van der Waals surface area contributed by atoms with Crippen molar-refractivity contribution >= 4 is 28.7 Å². The van der Waals surface area contributed by atoms with Gasteiger partial charge < -0.3 is 14.8 Å². The fourth-order valence-electron chi connectivity index (χ4n) is 2.33. The van der Waals surface area contributed by atoms with Crippen molar-refractivity contribution in [3.05, 3.63) is 38.9 Å². The Bertz CT molecular complexity index is 852. The van der Waals surface area contributed by atoms with Gasteiger partial charge >= 0.3 is 11.7 Å². The third-order valence-electron chi connectivity index (χ3n) is 3.54. The smallest absolute Gasteiger partial charge is 0.419 e. The molecule has 1 amide bonds. The standard InChI is InChI=1S/C15H17N3O7/c19-13(16-7-1-4-14(20)21)3-2-8-17-11-6-5-10(18(23)24)9-12(11)25-15(17)22/h5-6,9H,1-4,7-8H2,(H,16,19)(H,20,21). The van der Waals surface area contributed by atoms with Gasteiger partial charge in [0.2, 0.25) is 5.91 Å². The second-order valence-electron chi connectivity index (χ2n) is 5.38. The van der Waals surface area contributed by atoms with Gasteiger partial charge in [-0.25, -0.2) is 4.79 Å². The van der Waals surface area contributed by atoms with Crippen molar-refractivity contribution in [3.8, 4) is 0 Å². The molecule has 10 nitrogen and oxygen atoms in total. The quantitative estimate of drug-likeness (QED) is 0.393. The van der Waals surface area contributed by atoms with Gasteiger partial charge in [0.15, 0.2) is 5.58 Å². The lowest BCUT2D eigenvalue weighted by molar-refractivity contribution is -0.384. The van der Waals surface area contributed by atoms with Gasteiger partial charge in [-0.05, 0) is 18.9 Å². The molecule has 2 rings (SSSR count). The van der Waals surface area contributed by atoms with E-state index in [2.05, 4.69) is 5.32 Å². The summed E-state index contributed by atoms with van der Waals surface area (Å²) in [5, 5.41) is 21.8. The number of nitro groups is 1. The van der Waals surface area contributed by atoms with Crippen molar-refractivity contribution in [1.29, 1.82) is 0 Å². The van der Waals surface area contributed by atoms with Gasteiger partial charge in [0, 0.05) is 32.0 Å². The second-order valence-corrected chi connectivity index (χ2v) is 5.38. The number of rotatable bonds is 9. The highest BCUT2D eigenvalue weighted by molar-refractivity contribution is 5.76. The lowest BCUT2D eigenvalue weighted by Gasteiger charge is -2.05. The largest absolute Gasteiger partial charge is 0.481 e. The Hall–Kier alpha value is -3.17. The first-order chi connectivity index (χ1) is 11.9. The number of hydrogen-bond acceptors (Lipinski definition) is 6. The van der Waals surface area contributed by atoms with E-state index in [4.69, 9.17) is 9.52 Å². The number of non-ortho nitro benzene ring substituents is 1. The molecule has 2 N–H and O–H groups in total. The van der Waals surface area contributed by atoms with Gasteiger partial charge in [-0.3, -0.25) is 24.3 Å². The van der Waals surface area contributed by atoms with Crippen LogP contribution in [0.3, 0.4) is 0 Å². The molecule has 0 unspecified atom stereocenters. The van der Waals surface area contributed by atoms with Gasteiger partial charge in [0.25, 0.3) is 5.69 Å². The van der Waals surface area contributed by atoms with Crippen LogP contribution >= 0.6 is 0 Å². The molecule has 1 aromatic heterocycles. The Labute approximate surface area is 141 Å². The number of carboxylic acid groups (broad SMARTS) is 1. The Morgan fingerprint density at radius 3 is 2.72 bits per heavy atom. The number of amides is 1. The number of fused-ring (bicyclic) bond motifs is 1. The number of oxazole rings is 1. The number of aliphatic carboxylic acids is 1. The van der Waals surface area contributed by atoms with Gasteiger partial charge in [0.1, 0.15) is 0 Å². The van der Waals surface area contributed by atoms with E-state index in [1.54, 1.807) is 0 Å². The highest BCUT2D eigenvalue weighted by Gasteiger charge is 2.14. The molecule has 0 aliphatic heterocycles. The summed E-state index contributed by atoms with van der Waals surface area (Å²) in [6, 6.07) is 3.90. The van der Waals surface area contributed by atoms with Crippen LogP contribution in [0.5, 0.6) is 0 Å². The number of aryl methyl sites for hydroxylation is 1. The first kappa shape index (κ1) is 18.2. The van der Waals surface area contributed by atoms with Crippen LogP contribution in [0.4, 0.5) is 5.69 Å². The molecular formula is C15H17N3O7. The first-order valence-electron chi connectivity index (χ1n) is 7.65. The highest BCUT2D eigenvalue weighted by Crippen LogP contribution is 2.20. The summed E-state index contributed by atoms with van der Waals surface area (Å²) in [5.41, 5.74) is 0.379. The van der Waals surface area contributed by atoms with Gasteiger partial charge in [-0.15, -0.1) is 0 Å². The third kappa shape index (κ3) is 4.90. The van der Waals surface area contributed by atoms with Gasteiger partial charge in [-0.2, -0.15) is 0 Å². The van der Waals surface area contributed by atoms with Crippen LogP contribution in [0.25, 0.3) is 11.1 Å². The van der Waals surface area contributed by atoms with E-state index in [0.717, 1.165) is 0 Å². The molecule has 25 heavy (non-hydrogen) atoms. The summed E-state index contributed by atoms with van der Waals surface area (Å²) in [7, 11) is 0. The van der Waals surface area contributed by atoms with Crippen LogP contribution in [-0.4, -0.2) is 33.0 Å². The van der Waals surface area contributed by atoms with E-state index in [0.29, 0.717) is 18.4 Å². The Morgan fingerprint density at radius 2 is 2.04 bits per heavy atom. The number of benzene rings is 1. The molecule has 0 atom stereocenters. The van der Waals surface area contributed by atoms with Crippen LogP contribution < -0.4 is 11.1 Å². The molecule has 0 aliphatic carbocycles. The average molecular weight is 351 g/mol. The van der Waals surface area contributed by atoms with E-state index in [1.807, 2.05) is 0 Å². The second kappa shape index (κ2) is 8.08. The molecule has 0 aliphatic rings. The fourth-order valence-corrected chi connectivity index (χ4v) is 2.33. The number of carbonyl (C=O) groups is 2. The Morgan fingerprint density at radius 1 is 1.28 bits per heavy atom. The summed E-state index contributed by atoms with van der Waals surface area (Å²) in [6.07, 6.45) is 0.879. The van der Waals surface area contributed by atoms with Crippen LogP contribution in [-0.2, 0) is 16.1 Å². The van der Waals surface area contributed by atoms with Crippen molar-refractivity contribution in [2.45, 2.75) is 32.2 Å². The predicted molar refractivity (Wildman–Crippen MR) is 86.2 cm³/mol. The van der Waals surface area contributed by atoms with Crippen LogP contribution in [0.2, 0.25) is 0 Å². The molecular weight excluding hydrogens is 334 g/mol. The summed E-state index contributed by atoms with van der Waals surface area (Å²) in [6.45, 7) is 0.510. The molecule has 1 heterocycles. The Balaban J connectivity index is 1.89. The predicted octanol–water partition coefficient (Wildman–Crippen LogP) is 1.26. The molecule has 134 valence electrons. The Kier molecular flexibility index (Phi) is 5.88. The van der Waals surface area contributed by atoms with E-state index < -0.39 is 16.6 Å². The van der Waals surface area contributed by atoms with Gasteiger partial charge in [0.05, 0.1) is 16.5 Å². The third-order valence-corrected chi connectivity index (χ3v) is 3.54. The molecule has 0 spiro atoms. The number of hydrogen-bond donors (Lipinski definition) is 2. The van der Waals surface area contributed by atoms with Crippen LogP contribution in [0, 0.1) is 10.1 Å². The first-order valence-corrected chi connectivity index (χ1v) is 7.65. The van der Waals surface area contributed by atoms with Crippen molar-refractivity contribution in [2.24, 2.45) is 0 Å². The van der Waals surface area contributed by atoms with Crippen LogP contribution in [0.15, 0.2) is 27.4 Å². The minimum absolute atomic E-state index is 0.0111. The van der Waals surface area contributed by atoms with Crippen molar-refractivity contribution in [1.82, 2.24) is 9.88 Å². The number of nitrogens with zero attached hydrogens (tertiary/aromatic N) is 2. The maximum atomic E-state index is 11.8. The monoisotopic (exact) mass is 351 g/mol. The van der Waals surface area contributed by atoms with Crippen molar-refractivity contribution in [2.75, 3.05) is 6.54 Å². The minimum Gasteiger partial charge on any atom is -0.481 e. The summed E-state index contributed by atoms with van der Waals surface area (Å²) >= 11 is 0. The zero-order valence-electron chi connectivity index (χ0n) is 13.3. The van der Waals surface area contributed by atoms with Crippen molar-refractivity contribution in [3.63, 3.8) is 0 Å². The number of nitro benzene ring substituents is 1. The van der Waals surface area contributed by atoms with Gasteiger partial charge in [-0.1, -0.05) is 0 Å². The van der Waals surface area contributed by atoms with Crippen LogP contribution in [0.1, 0.15) is 25.7 Å². The molecule has 0 saturated carbocycles. The zero-order chi connectivity index (χ0) is 18.4. The number of aromatic nitrogens is 1.